The number of nitrogens with zero attached hydrogens (tertiary/aromatic N) is 4. The van der Waals surface area contributed by atoms with Crippen molar-refractivity contribution in [2.24, 2.45) is 5.92 Å². The van der Waals surface area contributed by atoms with Gasteiger partial charge in [-0.05, 0) is 12.8 Å². The van der Waals surface area contributed by atoms with Crippen molar-refractivity contribution in [3.8, 4) is 0 Å². The number of carboxylic acids is 1. The first-order chi connectivity index (χ1) is 10.2. The van der Waals surface area contributed by atoms with E-state index in [1.165, 1.54) is 0 Å². The Labute approximate surface area is 123 Å². The summed E-state index contributed by atoms with van der Waals surface area (Å²) in [6.07, 6.45) is 2.93. The average molecular weight is 292 g/mol. The van der Waals surface area contributed by atoms with Crippen molar-refractivity contribution in [3.05, 3.63) is 12.4 Å². The highest BCUT2D eigenvalue weighted by Crippen LogP contribution is 2.24. The van der Waals surface area contributed by atoms with E-state index in [-0.39, 0.29) is 5.92 Å². The van der Waals surface area contributed by atoms with Gasteiger partial charge in [0.1, 0.15) is 18.0 Å². The summed E-state index contributed by atoms with van der Waals surface area (Å²) < 4.78 is 5.35. The number of hydrogen-bond donors (Lipinski definition) is 1. The van der Waals surface area contributed by atoms with E-state index in [9.17, 15) is 4.79 Å². The van der Waals surface area contributed by atoms with Gasteiger partial charge in [-0.1, -0.05) is 0 Å². The van der Waals surface area contributed by atoms with Gasteiger partial charge in [-0.3, -0.25) is 4.79 Å². The molecule has 1 N–H and O–H groups in total. The molecule has 2 fully saturated rings. The van der Waals surface area contributed by atoms with Crippen LogP contribution in [0.15, 0.2) is 12.4 Å². The summed E-state index contributed by atoms with van der Waals surface area (Å²) in [7, 11) is 0. The molecule has 1 aromatic rings. The summed E-state index contributed by atoms with van der Waals surface area (Å²) >= 11 is 0. The molecule has 0 bridgehead atoms. The van der Waals surface area contributed by atoms with E-state index >= 15 is 0 Å². The van der Waals surface area contributed by atoms with Gasteiger partial charge in [0, 0.05) is 32.2 Å². The van der Waals surface area contributed by atoms with E-state index in [0.29, 0.717) is 12.8 Å². The number of aromatic nitrogens is 2. The van der Waals surface area contributed by atoms with Gasteiger partial charge >= 0.3 is 5.97 Å². The molecule has 7 nitrogen and oxygen atoms in total. The van der Waals surface area contributed by atoms with Crippen molar-refractivity contribution in [2.75, 3.05) is 49.2 Å². The van der Waals surface area contributed by atoms with Crippen LogP contribution in [0.5, 0.6) is 0 Å². The zero-order valence-corrected chi connectivity index (χ0v) is 11.9. The topological polar surface area (TPSA) is 78.8 Å². The largest absolute Gasteiger partial charge is 0.481 e. The van der Waals surface area contributed by atoms with Crippen molar-refractivity contribution < 1.29 is 14.6 Å². The molecular weight excluding hydrogens is 272 g/mol. The van der Waals surface area contributed by atoms with Crippen LogP contribution in [0.25, 0.3) is 0 Å². The maximum atomic E-state index is 11.0. The number of anilines is 2. The number of ether oxygens (including phenoxy) is 1. The number of hydrogen-bond acceptors (Lipinski definition) is 6. The van der Waals surface area contributed by atoms with Crippen molar-refractivity contribution in [2.45, 2.75) is 12.8 Å². The fourth-order valence-electron chi connectivity index (χ4n) is 2.83. The van der Waals surface area contributed by atoms with Gasteiger partial charge in [-0.2, -0.15) is 0 Å². The van der Waals surface area contributed by atoms with Gasteiger partial charge in [-0.15, -0.1) is 0 Å². The van der Waals surface area contributed by atoms with Gasteiger partial charge in [0.05, 0.1) is 19.1 Å². The minimum absolute atomic E-state index is 0.221. The monoisotopic (exact) mass is 292 g/mol. The smallest absolute Gasteiger partial charge is 0.306 e. The molecule has 21 heavy (non-hydrogen) atoms. The van der Waals surface area contributed by atoms with E-state index in [4.69, 9.17) is 9.84 Å². The quantitative estimate of drug-likeness (QED) is 0.874. The second-order valence-corrected chi connectivity index (χ2v) is 5.43. The van der Waals surface area contributed by atoms with E-state index in [2.05, 4.69) is 19.8 Å². The predicted octanol–water partition coefficient (Wildman–Crippen LogP) is 0.614. The van der Waals surface area contributed by atoms with Crippen LogP contribution in [0.4, 0.5) is 11.6 Å². The fraction of sp³-hybridized carbons (Fsp3) is 0.643. The molecule has 0 aromatic carbocycles. The molecule has 3 heterocycles. The minimum Gasteiger partial charge on any atom is -0.481 e. The zero-order chi connectivity index (χ0) is 14.7. The Kier molecular flexibility index (Phi) is 4.19. The molecule has 0 spiro atoms. The van der Waals surface area contributed by atoms with Crippen molar-refractivity contribution in [1.29, 1.82) is 0 Å². The lowest BCUT2D eigenvalue weighted by atomic mass is 9.97. The molecule has 114 valence electrons. The molecule has 3 rings (SSSR count). The standard InChI is InChI=1S/C14H20N4O3/c19-14(20)11-1-3-17(4-2-11)12-9-13(16-10-15-12)18-5-7-21-8-6-18/h9-11H,1-8H2,(H,19,20). The summed E-state index contributed by atoms with van der Waals surface area (Å²) in [5, 5.41) is 9.05. The average Bonchev–Trinajstić information content (AvgIpc) is 2.56. The van der Waals surface area contributed by atoms with Crippen LogP contribution in [0.3, 0.4) is 0 Å². The Morgan fingerprint density at radius 2 is 1.67 bits per heavy atom. The SMILES string of the molecule is O=C(O)C1CCN(c2cc(N3CCOCC3)ncn2)CC1. The number of piperidine rings is 1. The van der Waals surface area contributed by atoms with E-state index in [1.807, 2.05) is 6.07 Å². The maximum absolute atomic E-state index is 11.0. The lowest BCUT2D eigenvalue weighted by molar-refractivity contribution is -0.142. The zero-order valence-electron chi connectivity index (χ0n) is 11.9. The molecule has 0 saturated carbocycles. The third kappa shape index (κ3) is 3.24. The van der Waals surface area contributed by atoms with E-state index < -0.39 is 5.97 Å². The van der Waals surface area contributed by atoms with Gasteiger partial charge < -0.3 is 19.6 Å². The molecule has 0 amide bonds. The molecule has 0 atom stereocenters. The molecule has 0 unspecified atom stereocenters. The third-order valence-electron chi connectivity index (χ3n) is 4.14. The van der Waals surface area contributed by atoms with Crippen LogP contribution in [-0.2, 0) is 9.53 Å². The summed E-state index contributed by atoms with van der Waals surface area (Å²) in [6, 6.07) is 1.99. The normalized spacial score (nSPS) is 20.6. The fourth-order valence-corrected chi connectivity index (χ4v) is 2.83. The number of rotatable bonds is 3. The molecule has 2 saturated heterocycles. The maximum Gasteiger partial charge on any atom is 0.306 e. The Morgan fingerprint density at radius 3 is 2.24 bits per heavy atom. The molecule has 0 aliphatic carbocycles. The first-order valence-corrected chi connectivity index (χ1v) is 7.36. The second kappa shape index (κ2) is 6.26. The highest BCUT2D eigenvalue weighted by atomic mass is 16.5. The molecular formula is C14H20N4O3. The first kappa shape index (κ1) is 14.1. The summed E-state index contributed by atoms with van der Waals surface area (Å²) in [6.45, 7) is 4.61. The lowest BCUT2D eigenvalue weighted by Gasteiger charge is -2.32. The Morgan fingerprint density at radius 1 is 1.10 bits per heavy atom. The van der Waals surface area contributed by atoms with Gasteiger partial charge in [0.25, 0.3) is 0 Å². The Balaban J connectivity index is 1.67. The van der Waals surface area contributed by atoms with Gasteiger partial charge in [0.2, 0.25) is 0 Å². The molecule has 2 aliphatic rings. The number of carboxylic acid groups (broad SMARTS) is 1. The highest BCUT2D eigenvalue weighted by Gasteiger charge is 2.25. The van der Waals surface area contributed by atoms with E-state index in [1.54, 1.807) is 6.33 Å². The third-order valence-corrected chi connectivity index (χ3v) is 4.14. The molecule has 0 radical (unpaired) electrons. The molecule has 7 heteroatoms. The minimum atomic E-state index is -0.689. The summed E-state index contributed by atoms with van der Waals surface area (Å²) in [4.78, 5) is 24.0. The number of carbonyl (C=O) groups is 1. The number of aliphatic carboxylic acids is 1. The summed E-state index contributed by atoms with van der Waals surface area (Å²) in [5.74, 6) is 0.895. The molecule has 1 aromatic heterocycles. The second-order valence-electron chi connectivity index (χ2n) is 5.43. The Hall–Kier alpha value is -1.89. The lowest BCUT2D eigenvalue weighted by Crippen LogP contribution is -2.38. The van der Waals surface area contributed by atoms with E-state index in [0.717, 1.165) is 51.0 Å². The summed E-state index contributed by atoms with van der Waals surface area (Å²) in [5.41, 5.74) is 0. The van der Waals surface area contributed by atoms with Crippen LogP contribution in [0.1, 0.15) is 12.8 Å². The van der Waals surface area contributed by atoms with Gasteiger partial charge in [0.15, 0.2) is 0 Å². The highest BCUT2D eigenvalue weighted by molar-refractivity contribution is 5.70. The Bertz CT molecular complexity index is 497. The van der Waals surface area contributed by atoms with Crippen molar-refractivity contribution in [3.63, 3.8) is 0 Å². The van der Waals surface area contributed by atoms with Crippen LogP contribution >= 0.6 is 0 Å². The van der Waals surface area contributed by atoms with Crippen molar-refractivity contribution in [1.82, 2.24) is 9.97 Å². The molecule has 2 aliphatic heterocycles. The predicted molar refractivity (Wildman–Crippen MR) is 77.6 cm³/mol. The van der Waals surface area contributed by atoms with Crippen LogP contribution in [0, 0.1) is 5.92 Å². The number of morpholine rings is 1. The van der Waals surface area contributed by atoms with Crippen LogP contribution in [-0.4, -0.2) is 60.4 Å². The van der Waals surface area contributed by atoms with Crippen LogP contribution in [0.2, 0.25) is 0 Å². The van der Waals surface area contributed by atoms with Crippen molar-refractivity contribution >= 4 is 17.6 Å². The van der Waals surface area contributed by atoms with Crippen LogP contribution < -0.4 is 9.80 Å². The first-order valence-electron chi connectivity index (χ1n) is 7.36. The van der Waals surface area contributed by atoms with Gasteiger partial charge in [-0.25, -0.2) is 9.97 Å².